The zero-order valence-corrected chi connectivity index (χ0v) is 13.0. The maximum absolute atomic E-state index is 13.1. The van der Waals surface area contributed by atoms with Crippen molar-refractivity contribution in [2.45, 2.75) is 25.9 Å². The summed E-state index contributed by atoms with van der Waals surface area (Å²) in [6.07, 6.45) is 2.89. The van der Waals surface area contributed by atoms with Gasteiger partial charge in [-0.15, -0.1) is 0 Å². The standard InChI is InChI=1S/C17H20FN3O2/c1-11(22)13-3-2-8-21(10-13)17(23)15-9-19-20-16(15)12-4-6-14(18)7-5-12/h4-7,9,11,13,22H,2-3,8,10H2,1H3,(H,19,20). The van der Waals surface area contributed by atoms with Gasteiger partial charge in [-0.1, -0.05) is 0 Å². The van der Waals surface area contributed by atoms with E-state index in [0.29, 0.717) is 24.3 Å². The van der Waals surface area contributed by atoms with Gasteiger partial charge < -0.3 is 10.0 Å². The molecule has 1 aromatic heterocycles. The molecule has 0 aliphatic carbocycles. The maximum Gasteiger partial charge on any atom is 0.257 e. The molecule has 122 valence electrons. The van der Waals surface area contributed by atoms with Crippen molar-refractivity contribution in [3.8, 4) is 11.3 Å². The number of aromatic nitrogens is 2. The molecule has 2 aromatic rings. The molecule has 1 fully saturated rings. The third-order valence-electron chi connectivity index (χ3n) is 4.43. The van der Waals surface area contributed by atoms with E-state index in [1.807, 2.05) is 0 Å². The van der Waals surface area contributed by atoms with Gasteiger partial charge in [0.15, 0.2) is 0 Å². The molecule has 0 bridgehead atoms. The number of amides is 1. The third kappa shape index (κ3) is 3.27. The summed E-state index contributed by atoms with van der Waals surface area (Å²) in [4.78, 5) is 14.6. The zero-order valence-electron chi connectivity index (χ0n) is 13.0. The number of rotatable bonds is 3. The van der Waals surface area contributed by atoms with Crippen LogP contribution in [0.1, 0.15) is 30.1 Å². The minimum absolute atomic E-state index is 0.105. The van der Waals surface area contributed by atoms with Gasteiger partial charge >= 0.3 is 0 Å². The van der Waals surface area contributed by atoms with Crippen LogP contribution in [0.2, 0.25) is 0 Å². The van der Waals surface area contributed by atoms with Crippen molar-refractivity contribution in [2.75, 3.05) is 13.1 Å². The molecular formula is C17H20FN3O2. The monoisotopic (exact) mass is 317 g/mol. The van der Waals surface area contributed by atoms with Gasteiger partial charge in [-0.2, -0.15) is 5.10 Å². The van der Waals surface area contributed by atoms with Crippen LogP contribution in [0.4, 0.5) is 4.39 Å². The fraction of sp³-hybridized carbons (Fsp3) is 0.412. The van der Waals surface area contributed by atoms with E-state index in [1.54, 1.807) is 24.0 Å². The molecule has 0 saturated carbocycles. The number of hydrogen-bond acceptors (Lipinski definition) is 3. The number of hydrogen-bond donors (Lipinski definition) is 2. The van der Waals surface area contributed by atoms with Crippen LogP contribution in [0.5, 0.6) is 0 Å². The Morgan fingerprint density at radius 3 is 2.87 bits per heavy atom. The summed E-state index contributed by atoms with van der Waals surface area (Å²) in [5, 5.41) is 16.6. The van der Waals surface area contributed by atoms with Gasteiger partial charge in [0, 0.05) is 24.6 Å². The van der Waals surface area contributed by atoms with Gasteiger partial charge in [-0.25, -0.2) is 4.39 Å². The van der Waals surface area contributed by atoms with Crippen molar-refractivity contribution in [1.29, 1.82) is 0 Å². The van der Waals surface area contributed by atoms with Crippen LogP contribution >= 0.6 is 0 Å². The van der Waals surface area contributed by atoms with Crippen LogP contribution in [0.25, 0.3) is 11.3 Å². The average molecular weight is 317 g/mol. The highest BCUT2D eigenvalue weighted by Crippen LogP contribution is 2.26. The number of nitrogens with zero attached hydrogens (tertiary/aromatic N) is 2. The highest BCUT2D eigenvalue weighted by molar-refractivity contribution is 5.99. The fourth-order valence-corrected chi connectivity index (χ4v) is 3.04. The van der Waals surface area contributed by atoms with Crippen LogP contribution in [-0.4, -0.2) is 45.3 Å². The van der Waals surface area contributed by atoms with Gasteiger partial charge in [0.05, 0.1) is 23.6 Å². The lowest BCUT2D eigenvalue weighted by Gasteiger charge is -2.34. The Kier molecular flexibility index (Phi) is 4.43. The van der Waals surface area contributed by atoms with Crippen LogP contribution in [0, 0.1) is 11.7 Å². The summed E-state index contributed by atoms with van der Waals surface area (Å²) < 4.78 is 13.1. The van der Waals surface area contributed by atoms with E-state index < -0.39 is 6.10 Å². The van der Waals surface area contributed by atoms with Crippen molar-refractivity contribution < 1.29 is 14.3 Å². The van der Waals surface area contributed by atoms with Gasteiger partial charge in [0.25, 0.3) is 5.91 Å². The predicted octanol–water partition coefficient (Wildman–Crippen LogP) is 2.45. The number of likely N-dealkylation sites (tertiary alicyclic amines) is 1. The molecule has 1 aliphatic heterocycles. The fourth-order valence-electron chi connectivity index (χ4n) is 3.04. The van der Waals surface area contributed by atoms with E-state index in [1.165, 1.54) is 18.3 Å². The van der Waals surface area contributed by atoms with Gasteiger partial charge in [-0.05, 0) is 44.0 Å². The SMILES string of the molecule is CC(O)C1CCCN(C(=O)c2cn[nH]c2-c2ccc(F)cc2)C1. The van der Waals surface area contributed by atoms with Crippen LogP contribution in [0.3, 0.4) is 0 Å². The number of carbonyl (C=O) groups is 1. The molecule has 1 aromatic carbocycles. The van der Waals surface area contributed by atoms with Gasteiger partial charge in [0.2, 0.25) is 0 Å². The quantitative estimate of drug-likeness (QED) is 0.913. The topological polar surface area (TPSA) is 69.2 Å². The average Bonchev–Trinajstić information content (AvgIpc) is 3.04. The molecule has 2 heterocycles. The predicted molar refractivity (Wildman–Crippen MR) is 84.3 cm³/mol. The van der Waals surface area contributed by atoms with Crippen molar-refractivity contribution >= 4 is 5.91 Å². The number of nitrogens with one attached hydrogen (secondary N) is 1. The van der Waals surface area contributed by atoms with E-state index in [2.05, 4.69) is 10.2 Å². The second-order valence-corrected chi connectivity index (χ2v) is 6.06. The van der Waals surface area contributed by atoms with Crippen LogP contribution in [-0.2, 0) is 0 Å². The lowest BCUT2D eigenvalue weighted by Crippen LogP contribution is -2.43. The number of halogens is 1. The summed E-state index contributed by atoms with van der Waals surface area (Å²) in [6.45, 7) is 2.99. The summed E-state index contributed by atoms with van der Waals surface area (Å²) >= 11 is 0. The number of carbonyl (C=O) groups excluding carboxylic acids is 1. The van der Waals surface area contributed by atoms with Gasteiger partial charge in [-0.3, -0.25) is 9.89 Å². The minimum atomic E-state index is -0.425. The zero-order chi connectivity index (χ0) is 16.4. The molecule has 2 unspecified atom stereocenters. The van der Waals surface area contributed by atoms with Gasteiger partial charge in [0.1, 0.15) is 5.82 Å². The lowest BCUT2D eigenvalue weighted by molar-refractivity contribution is 0.0466. The van der Waals surface area contributed by atoms with E-state index in [-0.39, 0.29) is 17.6 Å². The maximum atomic E-state index is 13.1. The Morgan fingerprint density at radius 1 is 1.43 bits per heavy atom. The first kappa shape index (κ1) is 15.7. The third-order valence-corrected chi connectivity index (χ3v) is 4.43. The summed E-state index contributed by atoms with van der Waals surface area (Å²) in [5.41, 5.74) is 1.79. The van der Waals surface area contributed by atoms with Crippen molar-refractivity contribution in [3.05, 3.63) is 41.8 Å². The van der Waals surface area contributed by atoms with E-state index in [4.69, 9.17) is 0 Å². The Bertz CT molecular complexity index is 681. The van der Waals surface area contributed by atoms with E-state index >= 15 is 0 Å². The lowest BCUT2D eigenvalue weighted by atomic mass is 9.93. The largest absolute Gasteiger partial charge is 0.393 e. The Balaban J connectivity index is 1.83. The second kappa shape index (κ2) is 6.50. The number of aliphatic hydroxyl groups excluding tert-OH is 1. The second-order valence-electron chi connectivity index (χ2n) is 6.06. The number of aromatic amines is 1. The molecule has 1 aliphatic rings. The molecule has 0 radical (unpaired) electrons. The first-order valence-corrected chi connectivity index (χ1v) is 7.83. The number of aliphatic hydroxyl groups is 1. The van der Waals surface area contributed by atoms with E-state index in [0.717, 1.165) is 18.4 Å². The number of benzene rings is 1. The van der Waals surface area contributed by atoms with Crippen LogP contribution < -0.4 is 0 Å². The van der Waals surface area contributed by atoms with Crippen LogP contribution in [0.15, 0.2) is 30.5 Å². The highest BCUT2D eigenvalue weighted by Gasteiger charge is 2.28. The first-order chi connectivity index (χ1) is 11.1. The summed E-state index contributed by atoms with van der Waals surface area (Å²) in [6, 6.07) is 5.95. The molecule has 1 amide bonds. The number of piperidine rings is 1. The molecule has 23 heavy (non-hydrogen) atoms. The van der Waals surface area contributed by atoms with E-state index in [9.17, 15) is 14.3 Å². The first-order valence-electron chi connectivity index (χ1n) is 7.83. The normalized spacial score (nSPS) is 19.6. The summed E-state index contributed by atoms with van der Waals surface area (Å²) in [5.74, 6) is -0.325. The summed E-state index contributed by atoms with van der Waals surface area (Å²) in [7, 11) is 0. The molecule has 1 saturated heterocycles. The van der Waals surface area contributed by atoms with Crippen molar-refractivity contribution in [1.82, 2.24) is 15.1 Å². The molecule has 3 rings (SSSR count). The molecule has 2 N–H and O–H groups in total. The van der Waals surface area contributed by atoms with Crippen molar-refractivity contribution in [3.63, 3.8) is 0 Å². The molecular weight excluding hydrogens is 297 g/mol. The molecule has 0 spiro atoms. The Morgan fingerprint density at radius 2 is 2.17 bits per heavy atom. The number of H-pyrrole nitrogens is 1. The minimum Gasteiger partial charge on any atom is -0.393 e. The molecule has 2 atom stereocenters. The Labute approximate surface area is 134 Å². The molecule has 6 heteroatoms. The molecule has 5 nitrogen and oxygen atoms in total. The van der Waals surface area contributed by atoms with Crippen molar-refractivity contribution in [2.24, 2.45) is 5.92 Å². The Hall–Kier alpha value is -2.21. The highest BCUT2D eigenvalue weighted by atomic mass is 19.1. The smallest absolute Gasteiger partial charge is 0.257 e.